The zero-order chi connectivity index (χ0) is 19.5. The first kappa shape index (κ1) is 19.4. The van der Waals surface area contributed by atoms with Gasteiger partial charge in [-0.3, -0.25) is 9.59 Å². The fourth-order valence-corrected chi connectivity index (χ4v) is 2.41. The lowest BCUT2D eigenvalue weighted by Gasteiger charge is -2.13. The van der Waals surface area contributed by atoms with Gasteiger partial charge in [-0.05, 0) is 43.2 Å². The highest BCUT2D eigenvalue weighted by molar-refractivity contribution is 5.96. The summed E-state index contributed by atoms with van der Waals surface area (Å²) in [5, 5.41) is 5.06. The quantitative estimate of drug-likeness (QED) is 0.870. The zero-order valence-corrected chi connectivity index (χ0v) is 14.5. The third-order valence-corrected chi connectivity index (χ3v) is 3.58. The summed E-state index contributed by atoms with van der Waals surface area (Å²) in [6.07, 6.45) is -4.44. The van der Waals surface area contributed by atoms with Crippen molar-refractivity contribution in [2.24, 2.45) is 0 Å². The number of amides is 2. The van der Waals surface area contributed by atoms with E-state index >= 15 is 0 Å². The van der Waals surface area contributed by atoms with Crippen molar-refractivity contribution < 1.29 is 22.8 Å². The Hall–Kier alpha value is -2.90. The van der Waals surface area contributed by atoms with Gasteiger partial charge < -0.3 is 10.6 Å². The molecule has 5 nitrogen and oxygen atoms in total. The van der Waals surface area contributed by atoms with Crippen LogP contribution >= 0.6 is 0 Å². The number of hydrogen-bond donors (Lipinski definition) is 2. The summed E-state index contributed by atoms with van der Waals surface area (Å²) in [5.74, 6) is -0.567. The molecule has 0 saturated heterocycles. The van der Waals surface area contributed by atoms with Crippen LogP contribution in [0.5, 0.6) is 0 Å². The summed E-state index contributed by atoms with van der Waals surface area (Å²) in [4.78, 5) is 27.5. The summed E-state index contributed by atoms with van der Waals surface area (Å²) >= 11 is 0. The van der Waals surface area contributed by atoms with E-state index in [-0.39, 0.29) is 29.4 Å². The number of nitrogens with one attached hydrogen (secondary N) is 2. The van der Waals surface area contributed by atoms with Gasteiger partial charge in [0, 0.05) is 24.7 Å². The summed E-state index contributed by atoms with van der Waals surface area (Å²) in [7, 11) is 0. The highest BCUT2D eigenvalue weighted by Gasteiger charge is 2.32. The van der Waals surface area contributed by atoms with Gasteiger partial charge in [-0.1, -0.05) is 12.1 Å². The van der Waals surface area contributed by atoms with Crippen LogP contribution in [0, 0.1) is 13.8 Å². The molecule has 2 amide bonds. The van der Waals surface area contributed by atoms with Crippen molar-refractivity contribution in [1.29, 1.82) is 0 Å². The normalized spacial score (nSPS) is 11.2. The van der Waals surface area contributed by atoms with E-state index in [1.807, 2.05) is 0 Å². The molecule has 2 N–H and O–H groups in total. The average Bonchev–Trinajstić information content (AvgIpc) is 2.51. The van der Waals surface area contributed by atoms with Crippen molar-refractivity contribution in [1.82, 2.24) is 10.3 Å². The van der Waals surface area contributed by atoms with E-state index in [0.29, 0.717) is 11.3 Å². The minimum atomic E-state index is -4.44. The molecule has 26 heavy (non-hydrogen) atoms. The van der Waals surface area contributed by atoms with Crippen molar-refractivity contribution in [3.05, 3.63) is 58.3 Å². The predicted molar refractivity (Wildman–Crippen MR) is 90.6 cm³/mol. The monoisotopic (exact) mass is 365 g/mol. The van der Waals surface area contributed by atoms with Gasteiger partial charge in [-0.2, -0.15) is 13.2 Å². The van der Waals surface area contributed by atoms with Crippen LogP contribution in [0.2, 0.25) is 0 Å². The lowest BCUT2D eigenvalue weighted by atomic mass is 10.0. The van der Waals surface area contributed by atoms with E-state index in [1.165, 1.54) is 38.1 Å². The number of alkyl halides is 3. The minimum Gasteiger partial charge on any atom is -0.348 e. The van der Waals surface area contributed by atoms with Crippen LogP contribution in [0.1, 0.15) is 39.7 Å². The number of aryl methyl sites for hydroxylation is 2. The van der Waals surface area contributed by atoms with Crippen LogP contribution in [0.3, 0.4) is 0 Å². The maximum atomic E-state index is 13.0. The number of aromatic nitrogens is 1. The third kappa shape index (κ3) is 5.05. The van der Waals surface area contributed by atoms with Gasteiger partial charge in [0.2, 0.25) is 5.91 Å². The van der Waals surface area contributed by atoms with Gasteiger partial charge in [-0.15, -0.1) is 0 Å². The van der Waals surface area contributed by atoms with Crippen molar-refractivity contribution in [2.75, 3.05) is 5.32 Å². The molecule has 0 aliphatic carbocycles. The van der Waals surface area contributed by atoms with E-state index in [4.69, 9.17) is 0 Å². The van der Waals surface area contributed by atoms with Gasteiger partial charge in [0.05, 0.1) is 5.56 Å². The lowest BCUT2D eigenvalue weighted by Crippen LogP contribution is -2.23. The van der Waals surface area contributed by atoms with Crippen molar-refractivity contribution in [3.63, 3.8) is 0 Å². The van der Waals surface area contributed by atoms with Crippen LogP contribution in [-0.4, -0.2) is 16.8 Å². The van der Waals surface area contributed by atoms with Gasteiger partial charge in [0.25, 0.3) is 5.91 Å². The van der Waals surface area contributed by atoms with E-state index in [9.17, 15) is 22.8 Å². The second-order valence-corrected chi connectivity index (χ2v) is 5.89. The molecule has 2 aromatic rings. The molecule has 0 fully saturated rings. The molecule has 1 aromatic carbocycles. The number of carbonyl (C=O) groups is 2. The predicted octanol–water partition coefficient (Wildman–Crippen LogP) is 3.61. The molecular formula is C18H18F3N3O2. The maximum absolute atomic E-state index is 13.0. The van der Waals surface area contributed by atoms with Crippen molar-refractivity contribution in [2.45, 2.75) is 33.5 Å². The first-order valence-electron chi connectivity index (χ1n) is 7.77. The Kier molecular flexibility index (Phi) is 5.64. The summed E-state index contributed by atoms with van der Waals surface area (Å²) in [5.41, 5.74) is 0.513. The molecule has 0 bridgehead atoms. The Bertz CT molecular complexity index is 848. The molecule has 0 aliphatic rings. The Morgan fingerprint density at radius 3 is 2.42 bits per heavy atom. The molecule has 0 unspecified atom stereocenters. The number of rotatable bonds is 4. The van der Waals surface area contributed by atoms with Crippen LogP contribution < -0.4 is 10.6 Å². The van der Waals surface area contributed by atoms with E-state index in [2.05, 4.69) is 15.6 Å². The molecule has 1 aromatic heterocycles. The second-order valence-electron chi connectivity index (χ2n) is 5.89. The topological polar surface area (TPSA) is 71.1 Å². The molecule has 1 heterocycles. The Morgan fingerprint density at radius 1 is 1.12 bits per heavy atom. The largest absolute Gasteiger partial charge is 0.416 e. The number of hydrogen-bond acceptors (Lipinski definition) is 3. The number of carbonyl (C=O) groups excluding carboxylic acids is 2. The second kappa shape index (κ2) is 7.55. The van der Waals surface area contributed by atoms with Gasteiger partial charge in [0.1, 0.15) is 5.82 Å². The van der Waals surface area contributed by atoms with Crippen LogP contribution in [-0.2, 0) is 17.5 Å². The Labute approximate surface area is 148 Å². The van der Waals surface area contributed by atoms with Gasteiger partial charge in [-0.25, -0.2) is 4.98 Å². The standard InChI is InChI=1S/C18H18F3N3O2/c1-10-4-5-13(7-15(10)18(19,20)21)9-22-17(26)14-6-11(2)23-16(8-14)24-12(3)25/h4-8H,9H2,1-3H3,(H,22,26)(H,23,24,25). The van der Waals surface area contributed by atoms with Crippen LogP contribution in [0.4, 0.5) is 19.0 Å². The SMILES string of the molecule is CC(=O)Nc1cc(C(=O)NCc2ccc(C)c(C(F)(F)F)c2)cc(C)n1. The zero-order valence-electron chi connectivity index (χ0n) is 14.5. The number of benzene rings is 1. The number of nitrogens with zero attached hydrogens (tertiary/aromatic N) is 1. The molecule has 0 aliphatic heterocycles. The maximum Gasteiger partial charge on any atom is 0.416 e. The fraction of sp³-hybridized carbons (Fsp3) is 0.278. The number of halogens is 3. The minimum absolute atomic E-state index is 0.0565. The van der Waals surface area contributed by atoms with Gasteiger partial charge in [0.15, 0.2) is 0 Å². The molecule has 0 spiro atoms. The fourth-order valence-electron chi connectivity index (χ4n) is 2.41. The summed E-state index contributed by atoms with van der Waals surface area (Å²) in [6.45, 7) is 4.31. The van der Waals surface area contributed by atoms with E-state index in [0.717, 1.165) is 6.07 Å². The molecular weight excluding hydrogens is 347 g/mol. The Balaban J connectivity index is 2.14. The molecule has 8 heteroatoms. The third-order valence-electron chi connectivity index (χ3n) is 3.58. The smallest absolute Gasteiger partial charge is 0.348 e. The molecule has 0 radical (unpaired) electrons. The van der Waals surface area contributed by atoms with Crippen molar-refractivity contribution in [3.8, 4) is 0 Å². The molecule has 138 valence electrons. The first-order chi connectivity index (χ1) is 12.1. The summed E-state index contributed by atoms with van der Waals surface area (Å²) in [6, 6.07) is 6.86. The van der Waals surface area contributed by atoms with E-state index < -0.39 is 17.6 Å². The number of pyridine rings is 1. The molecule has 2 rings (SSSR count). The van der Waals surface area contributed by atoms with Crippen LogP contribution in [0.25, 0.3) is 0 Å². The molecule has 0 saturated carbocycles. The van der Waals surface area contributed by atoms with Crippen molar-refractivity contribution >= 4 is 17.6 Å². The van der Waals surface area contributed by atoms with E-state index in [1.54, 1.807) is 6.92 Å². The highest BCUT2D eigenvalue weighted by atomic mass is 19.4. The molecule has 0 atom stereocenters. The van der Waals surface area contributed by atoms with Gasteiger partial charge >= 0.3 is 6.18 Å². The summed E-state index contributed by atoms with van der Waals surface area (Å²) < 4.78 is 38.9. The van der Waals surface area contributed by atoms with Crippen LogP contribution in [0.15, 0.2) is 30.3 Å². The average molecular weight is 365 g/mol. The highest BCUT2D eigenvalue weighted by Crippen LogP contribution is 2.32. The Morgan fingerprint density at radius 2 is 1.81 bits per heavy atom. The lowest BCUT2D eigenvalue weighted by molar-refractivity contribution is -0.138. The first-order valence-corrected chi connectivity index (χ1v) is 7.77. The number of anilines is 1.